The number of nitrogens with zero attached hydrogens (tertiary/aromatic N) is 3. The van der Waals surface area contributed by atoms with E-state index in [9.17, 15) is 0 Å². The fourth-order valence-electron chi connectivity index (χ4n) is 2.05. The predicted octanol–water partition coefficient (Wildman–Crippen LogP) is 3.37. The first-order valence-corrected chi connectivity index (χ1v) is 7.66. The molecular weight excluding hydrogens is 270 g/mol. The fraction of sp³-hybridized carbons (Fsp3) is 0.500. The summed E-state index contributed by atoms with van der Waals surface area (Å²) in [6, 6.07) is 0.104. The van der Waals surface area contributed by atoms with E-state index in [1.807, 2.05) is 6.20 Å². The van der Waals surface area contributed by atoms with Crippen LogP contribution in [0.25, 0.3) is 0 Å². The third-order valence-electron chi connectivity index (χ3n) is 3.14. The minimum absolute atomic E-state index is 0.104. The molecular formula is C14H21N5S. The Morgan fingerprint density at radius 3 is 2.60 bits per heavy atom. The van der Waals surface area contributed by atoms with E-state index >= 15 is 0 Å². The van der Waals surface area contributed by atoms with Crippen LogP contribution in [0.1, 0.15) is 55.1 Å². The minimum Gasteiger partial charge on any atom is -0.383 e. The lowest BCUT2D eigenvalue weighted by atomic mass is 10.0. The number of thiazole rings is 1. The highest BCUT2D eigenvalue weighted by atomic mass is 32.1. The largest absolute Gasteiger partial charge is 0.383 e. The van der Waals surface area contributed by atoms with Crippen LogP contribution in [0, 0.1) is 0 Å². The van der Waals surface area contributed by atoms with Gasteiger partial charge in [-0.3, -0.25) is 0 Å². The first-order valence-electron chi connectivity index (χ1n) is 6.84. The zero-order valence-electron chi connectivity index (χ0n) is 12.3. The van der Waals surface area contributed by atoms with Crippen LogP contribution in [0.5, 0.6) is 0 Å². The third-order valence-corrected chi connectivity index (χ3v) is 4.46. The molecule has 6 heteroatoms. The number of nitrogens with one attached hydrogen (secondary N) is 1. The van der Waals surface area contributed by atoms with Gasteiger partial charge in [-0.05, 0) is 19.3 Å². The Morgan fingerprint density at radius 1 is 1.25 bits per heavy atom. The molecule has 0 bridgehead atoms. The molecule has 2 aromatic heterocycles. The van der Waals surface area contributed by atoms with Gasteiger partial charge in [-0.1, -0.05) is 20.8 Å². The second-order valence-electron chi connectivity index (χ2n) is 5.06. The van der Waals surface area contributed by atoms with E-state index in [0.717, 1.165) is 22.8 Å². The van der Waals surface area contributed by atoms with Crippen molar-refractivity contribution in [1.29, 1.82) is 0 Å². The first-order chi connectivity index (χ1) is 9.52. The summed E-state index contributed by atoms with van der Waals surface area (Å²) in [5, 5.41) is 4.47. The second-order valence-corrected chi connectivity index (χ2v) is 6.21. The van der Waals surface area contributed by atoms with Gasteiger partial charge in [0.2, 0.25) is 0 Å². The van der Waals surface area contributed by atoms with Gasteiger partial charge in [-0.2, -0.15) is 0 Å². The molecule has 1 unspecified atom stereocenters. The van der Waals surface area contributed by atoms with Crippen molar-refractivity contribution in [3.8, 4) is 0 Å². The van der Waals surface area contributed by atoms with Gasteiger partial charge in [0.25, 0.3) is 0 Å². The zero-order valence-corrected chi connectivity index (χ0v) is 13.2. The van der Waals surface area contributed by atoms with E-state index in [0.29, 0.717) is 5.82 Å². The predicted molar refractivity (Wildman–Crippen MR) is 84.1 cm³/mol. The normalized spacial score (nSPS) is 12.7. The molecule has 3 N–H and O–H groups in total. The molecule has 20 heavy (non-hydrogen) atoms. The number of anilines is 2. The molecule has 2 heterocycles. The topological polar surface area (TPSA) is 76.7 Å². The van der Waals surface area contributed by atoms with Crippen molar-refractivity contribution in [2.45, 2.75) is 46.1 Å². The van der Waals surface area contributed by atoms with Crippen molar-refractivity contribution in [1.82, 2.24) is 15.0 Å². The number of nitrogens with two attached hydrogens (primary N) is 1. The molecule has 0 aliphatic rings. The Hall–Kier alpha value is -1.69. The molecule has 2 rings (SSSR count). The fourth-order valence-corrected chi connectivity index (χ4v) is 2.91. The first kappa shape index (κ1) is 14.7. The highest BCUT2D eigenvalue weighted by Gasteiger charge is 2.17. The van der Waals surface area contributed by atoms with Crippen molar-refractivity contribution in [2.24, 2.45) is 0 Å². The monoisotopic (exact) mass is 291 g/mol. The number of nitrogen functional groups attached to an aromatic ring is 1. The summed E-state index contributed by atoms with van der Waals surface area (Å²) in [5.74, 6) is 1.61. The summed E-state index contributed by atoms with van der Waals surface area (Å²) in [5.41, 5.74) is 6.92. The van der Waals surface area contributed by atoms with E-state index in [-0.39, 0.29) is 12.0 Å². The number of aromatic nitrogens is 3. The van der Waals surface area contributed by atoms with Gasteiger partial charge < -0.3 is 11.1 Å². The Balaban J connectivity index is 2.23. The maximum Gasteiger partial charge on any atom is 0.135 e. The van der Waals surface area contributed by atoms with Crippen LogP contribution >= 0.6 is 11.3 Å². The quantitative estimate of drug-likeness (QED) is 0.883. The van der Waals surface area contributed by atoms with Crippen LogP contribution in [0.4, 0.5) is 11.6 Å². The van der Waals surface area contributed by atoms with Gasteiger partial charge in [0.05, 0.1) is 6.04 Å². The Morgan fingerprint density at radius 2 is 2.00 bits per heavy atom. The molecule has 2 aromatic rings. The summed E-state index contributed by atoms with van der Waals surface area (Å²) in [7, 11) is 0. The van der Waals surface area contributed by atoms with E-state index in [2.05, 4.69) is 48.0 Å². The van der Waals surface area contributed by atoms with Crippen LogP contribution in [-0.2, 0) is 6.42 Å². The molecule has 0 fully saturated rings. The smallest absolute Gasteiger partial charge is 0.135 e. The third kappa shape index (κ3) is 3.07. The maximum absolute atomic E-state index is 5.96. The Bertz CT molecular complexity index is 579. The number of hydrogen-bond acceptors (Lipinski definition) is 6. The maximum atomic E-state index is 5.96. The standard InChI is InChI=1S/C14H21N5S/c1-5-10-6-16-14(20-10)9(4)19-13-11(8(2)3)12(15)17-7-18-13/h6-9H,5H2,1-4H3,(H3,15,17,18,19). The lowest BCUT2D eigenvalue weighted by molar-refractivity contribution is 0.817. The summed E-state index contributed by atoms with van der Waals surface area (Å²) >= 11 is 1.73. The number of aryl methyl sites for hydroxylation is 1. The van der Waals surface area contributed by atoms with Gasteiger partial charge in [-0.25, -0.2) is 15.0 Å². The molecule has 0 aromatic carbocycles. The summed E-state index contributed by atoms with van der Waals surface area (Å²) < 4.78 is 0. The lowest BCUT2D eigenvalue weighted by Crippen LogP contribution is -2.12. The molecule has 1 atom stereocenters. The van der Waals surface area contributed by atoms with Crippen molar-refractivity contribution >= 4 is 23.0 Å². The molecule has 0 saturated carbocycles. The van der Waals surface area contributed by atoms with Gasteiger partial charge in [-0.15, -0.1) is 11.3 Å². The van der Waals surface area contributed by atoms with E-state index in [1.165, 1.54) is 11.2 Å². The molecule has 0 saturated heterocycles. The van der Waals surface area contributed by atoms with Gasteiger partial charge in [0.1, 0.15) is 23.0 Å². The van der Waals surface area contributed by atoms with E-state index < -0.39 is 0 Å². The van der Waals surface area contributed by atoms with Gasteiger partial charge in [0, 0.05) is 16.6 Å². The molecule has 5 nitrogen and oxygen atoms in total. The van der Waals surface area contributed by atoms with E-state index in [1.54, 1.807) is 11.3 Å². The van der Waals surface area contributed by atoms with Crippen molar-refractivity contribution in [2.75, 3.05) is 11.1 Å². The second kappa shape index (κ2) is 6.17. The van der Waals surface area contributed by atoms with Gasteiger partial charge >= 0.3 is 0 Å². The summed E-state index contributed by atoms with van der Waals surface area (Å²) in [4.78, 5) is 14.2. The minimum atomic E-state index is 0.104. The molecule has 0 radical (unpaired) electrons. The molecule has 0 aliphatic heterocycles. The van der Waals surface area contributed by atoms with Crippen LogP contribution in [0.2, 0.25) is 0 Å². The Kier molecular flexibility index (Phi) is 4.54. The average Bonchev–Trinajstić information content (AvgIpc) is 2.87. The average molecular weight is 291 g/mol. The highest BCUT2D eigenvalue weighted by Crippen LogP contribution is 2.30. The van der Waals surface area contributed by atoms with Crippen LogP contribution in [0.15, 0.2) is 12.5 Å². The molecule has 0 amide bonds. The van der Waals surface area contributed by atoms with Crippen LogP contribution < -0.4 is 11.1 Å². The summed E-state index contributed by atoms with van der Waals surface area (Å²) in [6.07, 6.45) is 4.45. The molecule has 108 valence electrons. The zero-order chi connectivity index (χ0) is 14.7. The van der Waals surface area contributed by atoms with E-state index in [4.69, 9.17) is 5.73 Å². The van der Waals surface area contributed by atoms with Crippen molar-refractivity contribution in [3.05, 3.63) is 28.0 Å². The number of rotatable bonds is 5. The SMILES string of the molecule is CCc1cnc(C(C)Nc2ncnc(N)c2C(C)C)s1. The van der Waals surface area contributed by atoms with Crippen molar-refractivity contribution < 1.29 is 0 Å². The lowest BCUT2D eigenvalue weighted by Gasteiger charge is -2.18. The summed E-state index contributed by atoms with van der Waals surface area (Å²) in [6.45, 7) is 8.39. The highest BCUT2D eigenvalue weighted by molar-refractivity contribution is 7.11. The van der Waals surface area contributed by atoms with Crippen molar-refractivity contribution in [3.63, 3.8) is 0 Å². The van der Waals surface area contributed by atoms with Crippen LogP contribution in [0.3, 0.4) is 0 Å². The number of hydrogen-bond donors (Lipinski definition) is 2. The van der Waals surface area contributed by atoms with Gasteiger partial charge in [0.15, 0.2) is 0 Å². The molecule has 0 aliphatic carbocycles. The Labute approximate surface area is 123 Å². The molecule has 0 spiro atoms. The van der Waals surface area contributed by atoms with Crippen LogP contribution in [-0.4, -0.2) is 15.0 Å².